The molecular weight excluding hydrogens is 297 g/mol. The maximum absolute atomic E-state index is 13.7. The highest BCUT2D eigenvalue weighted by Crippen LogP contribution is 2.28. The molecule has 88 valence electrons. The molecule has 0 unspecified atom stereocenters. The molecule has 0 radical (unpaired) electrons. The lowest BCUT2D eigenvalue weighted by Gasteiger charge is -2.09. The fourth-order valence-electron chi connectivity index (χ4n) is 1.08. The lowest BCUT2D eigenvalue weighted by molar-refractivity contribution is 0.228. The average molecular weight is 308 g/mol. The summed E-state index contributed by atoms with van der Waals surface area (Å²) in [6.07, 6.45) is 0.452. The number of aliphatic hydroxyl groups is 1. The van der Waals surface area contributed by atoms with Gasteiger partial charge in [-0.1, -0.05) is 12.2 Å². The van der Waals surface area contributed by atoms with Crippen LogP contribution in [0.3, 0.4) is 0 Å². The molecule has 0 amide bonds. The van der Waals surface area contributed by atoms with Gasteiger partial charge in [-0.25, -0.2) is 4.39 Å². The summed E-state index contributed by atoms with van der Waals surface area (Å²) in [5.41, 5.74) is 5.85. The van der Waals surface area contributed by atoms with Gasteiger partial charge in [0.1, 0.15) is 4.99 Å². The quantitative estimate of drug-likeness (QED) is 0.645. The number of nitrogens with two attached hydrogens (primary N) is 1. The van der Waals surface area contributed by atoms with Crippen LogP contribution < -0.4 is 10.5 Å². The van der Waals surface area contributed by atoms with Crippen LogP contribution in [0.1, 0.15) is 12.0 Å². The maximum atomic E-state index is 13.7. The Morgan fingerprint density at radius 2 is 2.25 bits per heavy atom. The molecule has 16 heavy (non-hydrogen) atoms. The van der Waals surface area contributed by atoms with Gasteiger partial charge in [0, 0.05) is 18.6 Å². The number of ether oxygens (including phenoxy) is 1. The molecule has 1 aromatic carbocycles. The van der Waals surface area contributed by atoms with Gasteiger partial charge >= 0.3 is 0 Å². The zero-order valence-electron chi connectivity index (χ0n) is 8.37. The highest BCUT2D eigenvalue weighted by Gasteiger charge is 2.13. The van der Waals surface area contributed by atoms with E-state index in [-0.39, 0.29) is 28.4 Å². The Morgan fingerprint density at radius 3 is 2.81 bits per heavy atom. The molecule has 3 nitrogen and oxygen atoms in total. The summed E-state index contributed by atoms with van der Waals surface area (Å²) in [6.45, 7) is 0.264. The smallest absolute Gasteiger partial charge is 0.179 e. The number of rotatable bonds is 5. The summed E-state index contributed by atoms with van der Waals surface area (Å²) in [7, 11) is 0. The molecule has 1 rings (SSSR count). The van der Waals surface area contributed by atoms with Crippen molar-refractivity contribution in [2.75, 3.05) is 13.2 Å². The van der Waals surface area contributed by atoms with Gasteiger partial charge in [-0.05, 0) is 28.1 Å². The first-order chi connectivity index (χ1) is 7.57. The zero-order chi connectivity index (χ0) is 12.1. The van der Waals surface area contributed by atoms with Crippen LogP contribution in [0, 0.1) is 5.82 Å². The molecule has 0 aromatic heterocycles. The lowest BCUT2D eigenvalue weighted by atomic mass is 10.2. The largest absolute Gasteiger partial charge is 0.490 e. The summed E-state index contributed by atoms with van der Waals surface area (Å²) in [6, 6.07) is 3.05. The van der Waals surface area contributed by atoms with E-state index in [1.54, 1.807) is 6.07 Å². The monoisotopic (exact) mass is 307 g/mol. The Hall–Kier alpha value is -0.720. The number of hydrogen-bond acceptors (Lipinski definition) is 3. The summed E-state index contributed by atoms with van der Waals surface area (Å²) >= 11 is 7.83. The number of halogens is 2. The van der Waals surface area contributed by atoms with E-state index in [9.17, 15) is 4.39 Å². The molecule has 0 saturated heterocycles. The van der Waals surface area contributed by atoms with E-state index >= 15 is 0 Å². The van der Waals surface area contributed by atoms with Crippen LogP contribution >= 0.6 is 28.1 Å². The van der Waals surface area contributed by atoms with E-state index < -0.39 is 5.82 Å². The first-order valence-corrected chi connectivity index (χ1v) is 5.79. The minimum absolute atomic E-state index is 0.00770. The third kappa shape index (κ3) is 3.13. The molecule has 0 fully saturated rings. The number of benzene rings is 1. The Balaban J connectivity index is 2.89. The summed E-state index contributed by atoms with van der Waals surface area (Å²) in [5, 5.41) is 8.57. The third-order valence-electron chi connectivity index (χ3n) is 1.87. The Labute approximate surface area is 107 Å². The number of aliphatic hydroxyl groups excluding tert-OH is 1. The van der Waals surface area contributed by atoms with Gasteiger partial charge in [0.15, 0.2) is 11.6 Å². The van der Waals surface area contributed by atoms with Crippen molar-refractivity contribution in [3.63, 3.8) is 0 Å². The van der Waals surface area contributed by atoms with Crippen LogP contribution in [-0.4, -0.2) is 23.3 Å². The van der Waals surface area contributed by atoms with E-state index in [4.69, 9.17) is 27.8 Å². The molecule has 0 aliphatic carbocycles. The Kier molecular flexibility index (Phi) is 5.11. The van der Waals surface area contributed by atoms with Crippen molar-refractivity contribution in [1.82, 2.24) is 0 Å². The minimum Gasteiger partial charge on any atom is -0.490 e. The highest BCUT2D eigenvalue weighted by molar-refractivity contribution is 9.10. The van der Waals surface area contributed by atoms with Gasteiger partial charge in [-0.15, -0.1) is 0 Å². The van der Waals surface area contributed by atoms with Crippen LogP contribution in [0.4, 0.5) is 4.39 Å². The first-order valence-electron chi connectivity index (χ1n) is 4.59. The van der Waals surface area contributed by atoms with Crippen LogP contribution in [0.5, 0.6) is 5.75 Å². The van der Waals surface area contributed by atoms with Crippen LogP contribution in [0.2, 0.25) is 0 Å². The van der Waals surface area contributed by atoms with Gasteiger partial charge < -0.3 is 15.6 Å². The van der Waals surface area contributed by atoms with E-state index in [1.165, 1.54) is 6.07 Å². The first kappa shape index (κ1) is 13.3. The summed E-state index contributed by atoms with van der Waals surface area (Å²) in [5.74, 6) is -0.427. The molecule has 1 aromatic rings. The second kappa shape index (κ2) is 6.12. The Bertz CT molecular complexity index is 401. The van der Waals surface area contributed by atoms with Crippen molar-refractivity contribution in [1.29, 1.82) is 0 Å². The van der Waals surface area contributed by atoms with E-state index in [2.05, 4.69) is 15.9 Å². The highest BCUT2D eigenvalue weighted by atomic mass is 79.9. The van der Waals surface area contributed by atoms with Gasteiger partial charge in [-0.3, -0.25) is 0 Å². The van der Waals surface area contributed by atoms with Gasteiger partial charge in [0.25, 0.3) is 0 Å². The van der Waals surface area contributed by atoms with E-state index in [0.717, 1.165) is 0 Å². The van der Waals surface area contributed by atoms with Gasteiger partial charge in [0.2, 0.25) is 0 Å². The minimum atomic E-state index is -0.539. The SMILES string of the molecule is NC(=S)c1ccc(OCCCO)c(F)c1Br. The van der Waals surface area contributed by atoms with Crippen LogP contribution in [0.25, 0.3) is 0 Å². The van der Waals surface area contributed by atoms with Gasteiger partial charge in [-0.2, -0.15) is 0 Å². The second-order valence-corrected chi connectivity index (χ2v) is 4.26. The van der Waals surface area contributed by atoms with Crippen LogP contribution in [0.15, 0.2) is 16.6 Å². The van der Waals surface area contributed by atoms with Crippen molar-refractivity contribution in [3.05, 3.63) is 28.0 Å². The van der Waals surface area contributed by atoms with Gasteiger partial charge in [0.05, 0.1) is 11.1 Å². The molecule has 3 N–H and O–H groups in total. The standard InChI is InChI=1S/C10H11BrFNO2S/c11-8-6(10(13)16)2-3-7(9(8)12)15-5-1-4-14/h2-3,14H,1,4-5H2,(H2,13,16). The predicted molar refractivity (Wildman–Crippen MR) is 67.2 cm³/mol. The van der Waals surface area contributed by atoms with Crippen molar-refractivity contribution >= 4 is 33.1 Å². The van der Waals surface area contributed by atoms with Crippen molar-refractivity contribution in [2.45, 2.75) is 6.42 Å². The number of hydrogen-bond donors (Lipinski definition) is 2. The van der Waals surface area contributed by atoms with E-state index in [1.807, 2.05) is 0 Å². The molecular formula is C10H11BrFNO2S. The summed E-state index contributed by atoms with van der Waals surface area (Å²) in [4.78, 5) is 0.118. The zero-order valence-corrected chi connectivity index (χ0v) is 10.8. The van der Waals surface area contributed by atoms with E-state index in [0.29, 0.717) is 12.0 Å². The molecule has 0 aliphatic heterocycles. The molecule has 0 atom stereocenters. The maximum Gasteiger partial charge on any atom is 0.179 e. The Morgan fingerprint density at radius 1 is 1.56 bits per heavy atom. The van der Waals surface area contributed by atoms with Crippen molar-refractivity contribution < 1.29 is 14.2 Å². The molecule has 0 bridgehead atoms. The normalized spacial score (nSPS) is 10.2. The molecule has 0 heterocycles. The second-order valence-electron chi connectivity index (χ2n) is 3.03. The van der Waals surface area contributed by atoms with Crippen molar-refractivity contribution in [3.8, 4) is 5.75 Å². The molecule has 6 heteroatoms. The average Bonchev–Trinajstić information content (AvgIpc) is 2.24. The third-order valence-corrected chi connectivity index (χ3v) is 2.87. The molecule has 0 saturated carbocycles. The summed E-state index contributed by atoms with van der Waals surface area (Å²) < 4.78 is 19.0. The topological polar surface area (TPSA) is 55.5 Å². The van der Waals surface area contributed by atoms with Crippen molar-refractivity contribution in [2.24, 2.45) is 5.73 Å². The molecule has 0 aliphatic rings. The fourth-order valence-corrected chi connectivity index (χ4v) is 1.92. The molecule has 0 spiro atoms. The number of thiocarbonyl (C=S) groups is 1. The van der Waals surface area contributed by atoms with Crippen LogP contribution in [-0.2, 0) is 0 Å². The fraction of sp³-hybridized carbons (Fsp3) is 0.300. The predicted octanol–water partition coefficient (Wildman–Crippen LogP) is 1.98. The lowest BCUT2D eigenvalue weighted by Crippen LogP contribution is -2.11.